The molecule has 0 aliphatic carbocycles. The molecular formula is C16H17N7O4S. The number of hydrogen-bond donors (Lipinski definition) is 2. The maximum Gasteiger partial charge on any atom is 0.314 e. The second-order valence-electron chi connectivity index (χ2n) is 5.59. The minimum atomic E-state index is -0.540. The average molecular weight is 403 g/mol. The number of nitrogens with two attached hydrogens (primary N) is 2. The monoisotopic (exact) mass is 403 g/mol. The van der Waals surface area contributed by atoms with Crippen LogP contribution < -0.4 is 20.9 Å². The van der Waals surface area contributed by atoms with Gasteiger partial charge in [-0.3, -0.25) is 14.5 Å². The molecule has 4 N–H and O–H groups in total. The van der Waals surface area contributed by atoms with Crippen LogP contribution in [0.15, 0.2) is 28.5 Å². The molecule has 2 heterocycles. The number of methoxy groups -OCH3 is 2. The molecule has 3 rings (SSSR count). The molecule has 2 aromatic heterocycles. The first-order valence-corrected chi connectivity index (χ1v) is 8.68. The van der Waals surface area contributed by atoms with Gasteiger partial charge in [0.2, 0.25) is 5.96 Å². The number of ether oxygens (including phenoxy) is 2. The first-order valence-electron chi connectivity index (χ1n) is 7.87. The molecule has 0 unspecified atom stereocenters. The van der Waals surface area contributed by atoms with Crippen molar-refractivity contribution in [2.24, 2.45) is 21.7 Å². The van der Waals surface area contributed by atoms with Gasteiger partial charge < -0.3 is 20.9 Å². The van der Waals surface area contributed by atoms with E-state index in [0.717, 1.165) is 4.88 Å². The van der Waals surface area contributed by atoms with Crippen molar-refractivity contribution in [1.82, 2.24) is 9.38 Å². The Hall–Kier alpha value is -3.67. The van der Waals surface area contributed by atoms with Crippen LogP contribution >= 0.6 is 11.3 Å². The summed E-state index contributed by atoms with van der Waals surface area (Å²) in [5.74, 6) is 0.168. The Balaban J connectivity index is 2.28. The lowest BCUT2D eigenvalue weighted by molar-refractivity contribution is -0.385. The predicted molar refractivity (Wildman–Crippen MR) is 106 cm³/mol. The van der Waals surface area contributed by atoms with Gasteiger partial charge in [0.05, 0.1) is 37.1 Å². The van der Waals surface area contributed by atoms with E-state index in [1.165, 1.54) is 43.9 Å². The summed E-state index contributed by atoms with van der Waals surface area (Å²) < 4.78 is 12.4. The summed E-state index contributed by atoms with van der Waals surface area (Å²) in [6.07, 6.45) is 3.34. The van der Waals surface area contributed by atoms with Gasteiger partial charge in [0.15, 0.2) is 10.7 Å². The van der Waals surface area contributed by atoms with Crippen LogP contribution in [-0.2, 0) is 0 Å². The Kier molecular flexibility index (Phi) is 5.13. The van der Waals surface area contributed by atoms with E-state index >= 15 is 0 Å². The van der Waals surface area contributed by atoms with Crippen LogP contribution in [-0.4, -0.2) is 40.7 Å². The highest BCUT2D eigenvalue weighted by molar-refractivity contribution is 7.17. The van der Waals surface area contributed by atoms with Crippen LogP contribution in [0.2, 0.25) is 0 Å². The Morgan fingerprint density at radius 2 is 2.04 bits per heavy atom. The maximum absolute atomic E-state index is 11.3. The van der Waals surface area contributed by atoms with E-state index in [1.54, 1.807) is 0 Å². The van der Waals surface area contributed by atoms with Crippen LogP contribution in [0.4, 0.5) is 5.69 Å². The molecule has 1 aromatic carbocycles. The maximum atomic E-state index is 11.3. The molecule has 12 heteroatoms. The fourth-order valence-electron chi connectivity index (χ4n) is 2.65. The summed E-state index contributed by atoms with van der Waals surface area (Å²) in [4.78, 5) is 17.1. The summed E-state index contributed by atoms with van der Waals surface area (Å²) >= 11 is 1.48. The minimum absolute atomic E-state index is 0.0837. The van der Waals surface area contributed by atoms with Gasteiger partial charge in [-0.2, -0.15) is 5.10 Å². The van der Waals surface area contributed by atoms with E-state index in [9.17, 15) is 10.1 Å². The number of fused-ring (bicyclic) bond motifs is 1. The van der Waals surface area contributed by atoms with Gasteiger partial charge >= 0.3 is 5.69 Å². The van der Waals surface area contributed by atoms with E-state index in [0.29, 0.717) is 21.9 Å². The van der Waals surface area contributed by atoms with Gasteiger partial charge in [-0.1, -0.05) is 0 Å². The van der Waals surface area contributed by atoms with E-state index in [1.807, 2.05) is 17.5 Å². The lowest BCUT2D eigenvalue weighted by atomic mass is 10.1. The predicted octanol–water partition coefficient (Wildman–Crippen LogP) is 1.90. The van der Waals surface area contributed by atoms with Crippen molar-refractivity contribution in [3.63, 3.8) is 0 Å². The summed E-state index contributed by atoms with van der Waals surface area (Å²) in [6.45, 7) is 1.95. The summed E-state index contributed by atoms with van der Waals surface area (Å²) in [5.41, 5.74) is 12.0. The smallest absolute Gasteiger partial charge is 0.314 e. The molecule has 0 amide bonds. The molecule has 0 atom stereocenters. The number of benzene rings is 1. The van der Waals surface area contributed by atoms with Gasteiger partial charge in [0.1, 0.15) is 11.4 Å². The Morgan fingerprint density at radius 1 is 1.32 bits per heavy atom. The quantitative estimate of drug-likeness (QED) is 0.275. The van der Waals surface area contributed by atoms with Crippen molar-refractivity contribution in [2.45, 2.75) is 6.92 Å². The number of aryl methyl sites for hydroxylation is 1. The average Bonchev–Trinajstić information content (AvgIpc) is 3.16. The molecule has 3 aromatic rings. The summed E-state index contributed by atoms with van der Waals surface area (Å²) in [7, 11) is 2.78. The SMILES string of the molecule is COc1cc([N+](=O)[O-])c(OC)cc1-c1nc2sc(C)cn2c1/C=N/N=C(N)N. The van der Waals surface area contributed by atoms with Gasteiger partial charge in [0, 0.05) is 22.7 Å². The number of guanidine groups is 1. The first kappa shape index (κ1) is 19.1. The third kappa shape index (κ3) is 3.44. The molecule has 0 saturated carbocycles. The van der Waals surface area contributed by atoms with E-state index in [-0.39, 0.29) is 23.1 Å². The van der Waals surface area contributed by atoms with Crippen molar-refractivity contribution in [3.05, 3.63) is 39.0 Å². The third-order valence-electron chi connectivity index (χ3n) is 3.78. The number of nitrogens with zero attached hydrogens (tertiary/aromatic N) is 5. The minimum Gasteiger partial charge on any atom is -0.496 e. The molecule has 0 fully saturated rings. The Morgan fingerprint density at radius 3 is 2.64 bits per heavy atom. The topological polar surface area (TPSA) is 156 Å². The number of aromatic nitrogens is 2. The van der Waals surface area contributed by atoms with Gasteiger partial charge in [0.25, 0.3) is 0 Å². The van der Waals surface area contributed by atoms with Crippen molar-refractivity contribution < 1.29 is 14.4 Å². The van der Waals surface area contributed by atoms with Crippen LogP contribution in [0.25, 0.3) is 16.2 Å². The van der Waals surface area contributed by atoms with Crippen LogP contribution in [0.3, 0.4) is 0 Å². The number of hydrogen-bond acceptors (Lipinski definition) is 8. The lowest BCUT2D eigenvalue weighted by Crippen LogP contribution is -2.21. The highest BCUT2D eigenvalue weighted by Crippen LogP contribution is 2.41. The number of rotatable bonds is 6. The normalized spacial score (nSPS) is 11.1. The zero-order chi connectivity index (χ0) is 20.4. The fraction of sp³-hybridized carbons (Fsp3) is 0.188. The molecule has 0 spiro atoms. The van der Waals surface area contributed by atoms with Crippen molar-refractivity contribution in [3.8, 4) is 22.8 Å². The fourth-order valence-corrected chi connectivity index (χ4v) is 3.49. The molecular weight excluding hydrogens is 386 g/mol. The van der Waals surface area contributed by atoms with Crippen molar-refractivity contribution >= 4 is 34.2 Å². The Labute approximate surface area is 163 Å². The molecule has 146 valence electrons. The highest BCUT2D eigenvalue weighted by Gasteiger charge is 2.24. The zero-order valence-corrected chi connectivity index (χ0v) is 16.1. The van der Waals surface area contributed by atoms with Gasteiger partial charge in [-0.25, -0.2) is 4.98 Å². The van der Waals surface area contributed by atoms with Crippen LogP contribution in [0, 0.1) is 17.0 Å². The van der Waals surface area contributed by atoms with E-state index in [2.05, 4.69) is 15.2 Å². The number of nitro benzene ring substituents is 1. The summed E-state index contributed by atoms with van der Waals surface area (Å²) in [6, 6.07) is 2.80. The lowest BCUT2D eigenvalue weighted by Gasteiger charge is -2.10. The molecule has 0 radical (unpaired) electrons. The first-order chi connectivity index (χ1) is 13.3. The second-order valence-corrected chi connectivity index (χ2v) is 6.80. The molecule has 0 bridgehead atoms. The molecule has 28 heavy (non-hydrogen) atoms. The second kappa shape index (κ2) is 7.52. The van der Waals surface area contributed by atoms with Crippen LogP contribution in [0.1, 0.15) is 10.6 Å². The van der Waals surface area contributed by atoms with Crippen molar-refractivity contribution in [1.29, 1.82) is 0 Å². The molecule has 0 aliphatic heterocycles. The Bertz CT molecular complexity index is 1110. The standard InChI is InChI=1S/C16H17N7O4S/c1-8-7-22-11(6-19-21-15(17)18)14(20-16(22)28-8)9-4-13(27-3)10(23(24)25)5-12(9)26-2/h4-7H,1-3H3,(H4,17,18,21)/b19-6+. The molecule has 11 nitrogen and oxygen atoms in total. The zero-order valence-electron chi connectivity index (χ0n) is 15.2. The molecule has 0 saturated heterocycles. The van der Waals surface area contributed by atoms with Crippen molar-refractivity contribution in [2.75, 3.05) is 14.2 Å². The number of thiazole rings is 1. The van der Waals surface area contributed by atoms with Gasteiger partial charge in [-0.15, -0.1) is 16.4 Å². The summed E-state index contributed by atoms with van der Waals surface area (Å²) in [5, 5.41) is 18.8. The van der Waals surface area contributed by atoms with E-state index < -0.39 is 4.92 Å². The van der Waals surface area contributed by atoms with Gasteiger partial charge in [-0.05, 0) is 6.92 Å². The number of imidazole rings is 1. The molecule has 0 aliphatic rings. The van der Waals surface area contributed by atoms with Crippen LogP contribution in [0.5, 0.6) is 11.5 Å². The third-order valence-corrected chi connectivity index (χ3v) is 4.68. The largest absolute Gasteiger partial charge is 0.496 e. The van der Waals surface area contributed by atoms with E-state index in [4.69, 9.17) is 20.9 Å². The number of nitro groups is 1. The highest BCUT2D eigenvalue weighted by atomic mass is 32.1.